The Labute approximate surface area is 121 Å². The molecule has 0 radical (unpaired) electrons. The lowest BCUT2D eigenvalue weighted by Crippen LogP contribution is -2.10. The SMILES string of the molecule is Cn1c(Sc2ccc(C(C)(C)C)cc2)cnc1Br. The highest BCUT2D eigenvalue weighted by atomic mass is 79.9. The molecule has 0 fully saturated rings. The number of hydrogen-bond acceptors (Lipinski definition) is 2. The molecule has 0 N–H and O–H groups in total. The van der Waals surface area contributed by atoms with Gasteiger partial charge in [0.2, 0.25) is 0 Å². The summed E-state index contributed by atoms with van der Waals surface area (Å²) in [4.78, 5) is 5.46. The van der Waals surface area contributed by atoms with E-state index < -0.39 is 0 Å². The highest BCUT2D eigenvalue weighted by molar-refractivity contribution is 9.10. The third-order valence-electron chi connectivity index (χ3n) is 2.83. The number of nitrogens with zero attached hydrogens (tertiary/aromatic N) is 2. The van der Waals surface area contributed by atoms with Crippen molar-refractivity contribution in [2.45, 2.75) is 36.1 Å². The molecular formula is C14H17BrN2S. The van der Waals surface area contributed by atoms with E-state index in [4.69, 9.17) is 0 Å². The molecule has 96 valence electrons. The lowest BCUT2D eigenvalue weighted by atomic mass is 9.87. The number of halogens is 1. The first-order chi connectivity index (χ1) is 8.38. The summed E-state index contributed by atoms with van der Waals surface area (Å²) in [5, 5.41) is 1.13. The average molecular weight is 325 g/mol. The Hall–Kier alpha value is -0.740. The number of imidazole rings is 1. The molecule has 2 nitrogen and oxygen atoms in total. The van der Waals surface area contributed by atoms with Crippen molar-refractivity contribution in [3.63, 3.8) is 0 Å². The van der Waals surface area contributed by atoms with Gasteiger partial charge in [0.05, 0.1) is 6.20 Å². The summed E-state index contributed by atoms with van der Waals surface area (Å²) < 4.78 is 2.89. The van der Waals surface area contributed by atoms with E-state index in [9.17, 15) is 0 Å². The number of benzene rings is 1. The summed E-state index contributed by atoms with van der Waals surface area (Å²) in [7, 11) is 2.00. The average Bonchev–Trinajstić information content (AvgIpc) is 2.61. The molecule has 0 unspecified atom stereocenters. The largest absolute Gasteiger partial charge is 0.317 e. The van der Waals surface area contributed by atoms with Crippen molar-refractivity contribution < 1.29 is 0 Å². The van der Waals surface area contributed by atoms with Crippen molar-refractivity contribution in [3.05, 3.63) is 40.8 Å². The number of hydrogen-bond donors (Lipinski definition) is 0. The van der Waals surface area contributed by atoms with Gasteiger partial charge in [-0.3, -0.25) is 0 Å². The molecule has 1 aromatic heterocycles. The highest BCUT2D eigenvalue weighted by Crippen LogP contribution is 2.31. The molecule has 0 aliphatic carbocycles. The standard InChI is InChI=1S/C14H17BrN2S/c1-14(2,3)10-5-7-11(8-6-10)18-12-9-16-13(15)17(12)4/h5-9H,1-4H3. The summed E-state index contributed by atoms with van der Waals surface area (Å²) in [6, 6.07) is 8.75. The lowest BCUT2D eigenvalue weighted by molar-refractivity contribution is 0.590. The van der Waals surface area contributed by atoms with Crippen LogP contribution in [-0.2, 0) is 12.5 Å². The molecule has 0 aliphatic heterocycles. The topological polar surface area (TPSA) is 17.8 Å². The normalized spacial score (nSPS) is 11.8. The van der Waals surface area contributed by atoms with Crippen molar-refractivity contribution in [1.82, 2.24) is 9.55 Å². The van der Waals surface area contributed by atoms with Crippen molar-refractivity contribution >= 4 is 27.7 Å². The Kier molecular flexibility index (Phi) is 3.87. The van der Waals surface area contributed by atoms with Crippen molar-refractivity contribution in [1.29, 1.82) is 0 Å². The summed E-state index contributed by atoms with van der Waals surface area (Å²) in [5.74, 6) is 0. The van der Waals surface area contributed by atoms with Gasteiger partial charge < -0.3 is 4.57 Å². The minimum atomic E-state index is 0.207. The molecular weight excluding hydrogens is 308 g/mol. The first-order valence-corrected chi connectivity index (χ1v) is 7.44. The molecule has 0 saturated carbocycles. The van der Waals surface area contributed by atoms with Gasteiger partial charge >= 0.3 is 0 Å². The second-order valence-electron chi connectivity index (χ2n) is 5.30. The van der Waals surface area contributed by atoms with Crippen molar-refractivity contribution in [2.75, 3.05) is 0 Å². The smallest absolute Gasteiger partial charge is 0.177 e. The molecule has 2 rings (SSSR count). The molecule has 2 aromatic rings. The van der Waals surface area contributed by atoms with E-state index in [-0.39, 0.29) is 5.41 Å². The van der Waals surface area contributed by atoms with Gasteiger partial charge in [-0.1, -0.05) is 44.7 Å². The number of aromatic nitrogens is 2. The van der Waals surface area contributed by atoms with E-state index in [1.807, 2.05) is 17.8 Å². The predicted octanol–water partition coefficient (Wildman–Crippen LogP) is 4.63. The van der Waals surface area contributed by atoms with E-state index in [2.05, 4.69) is 66.0 Å². The van der Waals surface area contributed by atoms with Crippen molar-refractivity contribution in [2.24, 2.45) is 7.05 Å². The fraction of sp³-hybridized carbons (Fsp3) is 0.357. The molecule has 0 atom stereocenters. The molecule has 0 aliphatic rings. The van der Waals surface area contributed by atoms with Gasteiger partial charge in [-0.25, -0.2) is 4.98 Å². The molecule has 0 spiro atoms. The van der Waals surface area contributed by atoms with Crippen LogP contribution < -0.4 is 0 Å². The fourth-order valence-corrected chi connectivity index (χ4v) is 2.86. The molecule has 18 heavy (non-hydrogen) atoms. The van der Waals surface area contributed by atoms with Crippen LogP contribution in [0, 0.1) is 0 Å². The van der Waals surface area contributed by atoms with Crippen LogP contribution in [0.4, 0.5) is 0 Å². The third-order valence-corrected chi connectivity index (χ3v) is 4.66. The summed E-state index contributed by atoms with van der Waals surface area (Å²) >= 11 is 5.13. The van der Waals surface area contributed by atoms with Crippen LogP contribution in [0.2, 0.25) is 0 Å². The molecule has 1 heterocycles. The minimum Gasteiger partial charge on any atom is -0.317 e. The van der Waals surface area contributed by atoms with E-state index in [1.54, 1.807) is 11.8 Å². The quantitative estimate of drug-likeness (QED) is 0.801. The minimum absolute atomic E-state index is 0.207. The van der Waals surface area contributed by atoms with Gasteiger partial charge in [-0.2, -0.15) is 0 Å². The number of rotatable bonds is 2. The zero-order chi connectivity index (χ0) is 13.3. The van der Waals surface area contributed by atoms with E-state index in [0.717, 1.165) is 9.76 Å². The monoisotopic (exact) mass is 324 g/mol. The van der Waals surface area contributed by atoms with Gasteiger partial charge in [0.25, 0.3) is 0 Å². The van der Waals surface area contributed by atoms with Crippen molar-refractivity contribution in [3.8, 4) is 0 Å². The van der Waals surface area contributed by atoms with Crippen LogP contribution in [-0.4, -0.2) is 9.55 Å². The van der Waals surface area contributed by atoms with Gasteiger partial charge in [-0.05, 0) is 39.0 Å². The maximum Gasteiger partial charge on any atom is 0.177 e. The molecule has 0 bridgehead atoms. The molecule has 0 saturated heterocycles. The van der Waals surface area contributed by atoms with Gasteiger partial charge in [0, 0.05) is 11.9 Å². The molecule has 0 amide bonds. The van der Waals surface area contributed by atoms with E-state index in [0.29, 0.717) is 0 Å². The second-order valence-corrected chi connectivity index (χ2v) is 7.10. The molecule has 1 aromatic carbocycles. The Morgan fingerprint density at radius 2 is 1.78 bits per heavy atom. The maximum absolute atomic E-state index is 4.23. The van der Waals surface area contributed by atoms with Crippen LogP contribution in [0.3, 0.4) is 0 Å². The van der Waals surface area contributed by atoms with E-state index in [1.165, 1.54) is 10.5 Å². The lowest BCUT2D eigenvalue weighted by Gasteiger charge is -2.19. The molecule has 4 heteroatoms. The van der Waals surface area contributed by atoms with Crippen LogP contribution in [0.5, 0.6) is 0 Å². The third kappa shape index (κ3) is 2.98. The first-order valence-electron chi connectivity index (χ1n) is 5.83. The fourth-order valence-electron chi connectivity index (χ4n) is 1.61. The predicted molar refractivity (Wildman–Crippen MR) is 80.2 cm³/mol. The maximum atomic E-state index is 4.23. The Morgan fingerprint density at radius 1 is 1.17 bits per heavy atom. The zero-order valence-electron chi connectivity index (χ0n) is 11.1. The van der Waals surface area contributed by atoms with Gasteiger partial charge in [0.15, 0.2) is 4.73 Å². The summed E-state index contributed by atoms with van der Waals surface area (Å²) in [5.41, 5.74) is 1.57. The van der Waals surface area contributed by atoms with Crippen LogP contribution >= 0.6 is 27.7 Å². The highest BCUT2D eigenvalue weighted by Gasteiger charge is 2.13. The van der Waals surface area contributed by atoms with E-state index >= 15 is 0 Å². The Morgan fingerprint density at radius 3 is 2.22 bits per heavy atom. The first kappa shape index (κ1) is 13.7. The zero-order valence-corrected chi connectivity index (χ0v) is 13.5. The van der Waals surface area contributed by atoms with Crippen LogP contribution in [0.15, 0.2) is 45.1 Å². The Balaban J connectivity index is 2.19. The van der Waals surface area contributed by atoms with Crippen LogP contribution in [0.25, 0.3) is 0 Å². The summed E-state index contributed by atoms with van der Waals surface area (Å²) in [6.07, 6.45) is 1.88. The van der Waals surface area contributed by atoms with Gasteiger partial charge in [-0.15, -0.1) is 0 Å². The second kappa shape index (κ2) is 5.10. The van der Waals surface area contributed by atoms with Crippen LogP contribution in [0.1, 0.15) is 26.3 Å². The Bertz CT molecular complexity index is 538. The summed E-state index contributed by atoms with van der Waals surface area (Å²) in [6.45, 7) is 6.69. The van der Waals surface area contributed by atoms with Gasteiger partial charge in [0.1, 0.15) is 5.03 Å².